The number of nitrogens with one attached hydrogen (secondary N) is 2. The van der Waals surface area contributed by atoms with E-state index in [1.165, 1.54) is 0 Å². The molecule has 0 bridgehead atoms. The van der Waals surface area contributed by atoms with Crippen molar-refractivity contribution in [2.45, 2.75) is 26.3 Å². The van der Waals surface area contributed by atoms with Crippen molar-refractivity contribution in [2.24, 2.45) is 0 Å². The van der Waals surface area contributed by atoms with Crippen LogP contribution in [0, 0.1) is 0 Å². The van der Waals surface area contributed by atoms with Crippen molar-refractivity contribution in [1.29, 1.82) is 0 Å². The van der Waals surface area contributed by atoms with Crippen LogP contribution in [0.1, 0.15) is 22.3 Å². The van der Waals surface area contributed by atoms with Gasteiger partial charge in [0.05, 0.1) is 18.9 Å². The van der Waals surface area contributed by atoms with Gasteiger partial charge in [0.1, 0.15) is 0 Å². The van der Waals surface area contributed by atoms with Crippen LogP contribution in [-0.2, 0) is 31.0 Å². The molecular weight excluding hydrogens is 400 g/mol. The predicted molar refractivity (Wildman–Crippen MR) is 124 cm³/mol. The molecule has 0 saturated carbocycles. The number of aromatic nitrogens is 2. The van der Waals surface area contributed by atoms with Gasteiger partial charge in [0, 0.05) is 25.5 Å². The maximum atomic E-state index is 12.2. The summed E-state index contributed by atoms with van der Waals surface area (Å²) in [7, 11) is 0. The van der Waals surface area contributed by atoms with Crippen molar-refractivity contribution in [3.63, 3.8) is 0 Å². The molecule has 0 aliphatic heterocycles. The fraction of sp³-hybridized carbons (Fsp3) is 0.154. The van der Waals surface area contributed by atoms with E-state index in [2.05, 4.69) is 27.9 Å². The van der Waals surface area contributed by atoms with Crippen LogP contribution < -0.4 is 10.6 Å². The van der Waals surface area contributed by atoms with Gasteiger partial charge >= 0.3 is 6.03 Å². The molecule has 2 N–H and O–H groups in total. The average molecular weight is 427 g/mol. The first-order valence-corrected chi connectivity index (χ1v) is 10.6. The van der Waals surface area contributed by atoms with Gasteiger partial charge in [0.15, 0.2) is 0 Å². The van der Waals surface area contributed by atoms with Gasteiger partial charge in [0.25, 0.3) is 0 Å². The van der Waals surface area contributed by atoms with E-state index in [0.717, 1.165) is 27.9 Å². The third-order valence-corrected chi connectivity index (χ3v) is 4.99. The van der Waals surface area contributed by atoms with Gasteiger partial charge in [-0.05, 0) is 40.5 Å². The van der Waals surface area contributed by atoms with Gasteiger partial charge in [-0.15, -0.1) is 0 Å². The van der Waals surface area contributed by atoms with E-state index in [4.69, 9.17) is 4.74 Å². The molecule has 1 heterocycles. The van der Waals surface area contributed by atoms with Crippen LogP contribution in [0.3, 0.4) is 0 Å². The first-order valence-electron chi connectivity index (χ1n) is 10.6. The number of amides is 2. The second kappa shape index (κ2) is 10.9. The van der Waals surface area contributed by atoms with E-state index in [0.29, 0.717) is 26.3 Å². The standard InChI is InChI=1S/C26H26N4O2/c31-26(28-18-24-8-4-9-25(16-24)30-15-5-14-29-30)27-17-21-10-12-23(13-11-21)20-32-19-22-6-2-1-3-7-22/h1-16H,17-20H2,(H2,27,28,31). The van der Waals surface area contributed by atoms with E-state index in [1.54, 1.807) is 10.9 Å². The fourth-order valence-electron chi connectivity index (χ4n) is 3.27. The second-order valence-corrected chi connectivity index (χ2v) is 7.45. The number of benzene rings is 3. The molecule has 0 fully saturated rings. The summed E-state index contributed by atoms with van der Waals surface area (Å²) in [5, 5.41) is 10.0. The monoisotopic (exact) mass is 426 g/mol. The smallest absolute Gasteiger partial charge is 0.315 e. The Bertz CT molecular complexity index is 1110. The summed E-state index contributed by atoms with van der Waals surface area (Å²) in [6.07, 6.45) is 3.63. The zero-order valence-corrected chi connectivity index (χ0v) is 17.8. The Labute approximate surface area is 187 Å². The Balaban J connectivity index is 1.18. The topological polar surface area (TPSA) is 68.2 Å². The van der Waals surface area contributed by atoms with Crippen molar-refractivity contribution in [2.75, 3.05) is 0 Å². The van der Waals surface area contributed by atoms with Crippen LogP contribution in [-0.4, -0.2) is 15.8 Å². The molecule has 4 rings (SSSR count). The molecule has 32 heavy (non-hydrogen) atoms. The van der Waals surface area contributed by atoms with Gasteiger partial charge in [-0.2, -0.15) is 5.10 Å². The summed E-state index contributed by atoms with van der Waals surface area (Å²) in [5.41, 5.74) is 5.27. The lowest BCUT2D eigenvalue weighted by atomic mass is 10.1. The Morgan fingerprint density at radius 1 is 0.750 bits per heavy atom. The van der Waals surface area contributed by atoms with Crippen molar-refractivity contribution in [1.82, 2.24) is 20.4 Å². The number of hydrogen-bond acceptors (Lipinski definition) is 3. The highest BCUT2D eigenvalue weighted by Crippen LogP contribution is 2.10. The van der Waals surface area contributed by atoms with Crippen LogP contribution in [0.15, 0.2) is 97.3 Å². The molecular formula is C26H26N4O2. The van der Waals surface area contributed by atoms with Gasteiger partial charge in [-0.1, -0.05) is 66.7 Å². The molecule has 0 aliphatic carbocycles. The van der Waals surface area contributed by atoms with Crippen molar-refractivity contribution in [3.05, 3.63) is 120 Å². The molecule has 0 spiro atoms. The van der Waals surface area contributed by atoms with E-state index < -0.39 is 0 Å². The van der Waals surface area contributed by atoms with Crippen LogP contribution in [0.4, 0.5) is 4.79 Å². The summed E-state index contributed by atoms with van der Waals surface area (Å²) < 4.78 is 7.56. The third kappa shape index (κ3) is 6.30. The zero-order valence-electron chi connectivity index (χ0n) is 17.8. The molecule has 0 radical (unpaired) electrons. The number of carbonyl (C=O) groups is 1. The Morgan fingerprint density at radius 3 is 2.12 bits per heavy atom. The van der Waals surface area contributed by atoms with Gasteiger partial charge in [-0.25, -0.2) is 9.48 Å². The molecule has 0 unspecified atom stereocenters. The Morgan fingerprint density at radius 2 is 1.41 bits per heavy atom. The maximum absolute atomic E-state index is 12.2. The van der Waals surface area contributed by atoms with Gasteiger partial charge < -0.3 is 15.4 Å². The molecule has 4 aromatic rings. The second-order valence-electron chi connectivity index (χ2n) is 7.45. The Kier molecular flexibility index (Phi) is 7.29. The number of hydrogen-bond donors (Lipinski definition) is 2. The summed E-state index contributed by atoms with van der Waals surface area (Å²) in [6.45, 7) is 2.05. The van der Waals surface area contributed by atoms with Crippen LogP contribution in [0.5, 0.6) is 0 Å². The average Bonchev–Trinajstić information content (AvgIpc) is 3.38. The van der Waals surface area contributed by atoms with E-state index in [-0.39, 0.29) is 6.03 Å². The van der Waals surface area contributed by atoms with Gasteiger partial charge in [0.2, 0.25) is 0 Å². The van der Waals surface area contributed by atoms with Crippen LogP contribution in [0.2, 0.25) is 0 Å². The lowest BCUT2D eigenvalue weighted by Crippen LogP contribution is -2.34. The maximum Gasteiger partial charge on any atom is 0.315 e. The van der Waals surface area contributed by atoms with E-state index >= 15 is 0 Å². The molecule has 2 amide bonds. The first-order chi connectivity index (χ1) is 15.8. The Hall–Kier alpha value is -3.90. The summed E-state index contributed by atoms with van der Waals surface area (Å²) in [6, 6.07) is 27.8. The minimum Gasteiger partial charge on any atom is -0.372 e. The molecule has 0 aliphatic rings. The molecule has 6 heteroatoms. The molecule has 6 nitrogen and oxygen atoms in total. The third-order valence-electron chi connectivity index (χ3n) is 4.99. The molecule has 1 aromatic heterocycles. The minimum absolute atomic E-state index is 0.204. The van der Waals surface area contributed by atoms with Crippen molar-refractivity contribution in [3.8, 4) is 5.69 Å². The quantitative estimate of drug-likeness (QED) is 0.411. The normalized spacial score (nSPS) is 10.6. The van der Waals surface area contributed by atoms with Gasteiger partial charge in [-0.3, -0.25) is 0 Å². The lowest BCUT2D eigenvalue weighted by molar-refractivity contribution is 0.107. The highest BCUT2D eigenvalue weighted by atomic mass is 16.5. The largest absolute Gasteiger partial charge is 0.372 e. The molecule has 162 valence electrons. The molecule has 0 atom stereocenters. The number of rotatable bonds is 9. The van der Waals surface area contributed by atoms with E-state index in [9.17, 15) is 4.79 Å². The lowest BCUT2D eigenvalue weighted by Gasteiger charge is -2.10. The number of carbonyl (C=O) groups excluding carboxylic acids is 1. The summed E-state index contributed by atoms with van der Waals surface area (Å²) in [5.74, 6) is 0. The summed E-state index contributed by atoms with van der Waals surface area (Å²) in [4.78, 5) is 12.2. The predicted octanol–water partition coefficient (Wildman–Crippen LogP) is 4.59. The van der Waals surface area contributed by atoms with Crippen LogP contribution >= 0.6 is 0 Å². The van der Waals surface area contributed by atoms with E-state index in [1.807, 2.05) is 79.0 Å². The SMILES string of the molecule is O=C(NCc1ccc(COCc2ccccc2)cc1)NCc1cccc(-n2cccn2)c1. The minimum atomic E-state index is -0.204. The highest BCUT2D eigenvalue weighted by molar-refractivity contribution is 5.73. The zero-order chi connectivity index (χ0) is 22.0. The van der Waals surface area contributed by atoms with Crippen LogP contribution in [0.25, 0.3) is 5.69 Å². The fourth-order valence-corrected chi connectivity index (χ4v) is 3.27. The number of urea groups is 1. The molecule has 3 aromatic carbocycles. The number of ether oxygens (including phenoxy) is 1. The number of nitrogens with zero attached hydrogens (tertiary/aromatic N) is 2. The van der Waals surface area contributed by atoms with Crippen molar-refractivity contribution < 1.29 is 9.53 Å². The van der Waals surface area contributed by atoms with Crippen molar-refractivity contribution >= 4 is 6.03 Å². The highest BCUT2D eigenvalue weighted by Gasteiger charge is 2.03. The molecule has 0 saturated heterocycles. The summed E-state index contributed by atoms with van der Waals surface area (Å²) >= 11 is 0. The first kappa shape index (κ1) is 21.3.